The third-order valence-electron chi connectivity index (χ3n) is 2.92. The summed E-state index contributed by atoms with van der Waals surface area (Å²) in [6, 6.07) is 15.6. The number of methoxy groups -OCH3 is 1. The summed E-state index contributed by atoms with van der Waals surface area (Å²) in [5.41, 5.74) is 0. The molecule has 0 aliphatic heterocycles. The normalized spacial score (nSPS) is 11.0. The maximum Gasteiger partial charge on any atom is 0.265 e. The first kappa shape index (κ1) is 16.8. The summed E-state index contributed by atoms with van der Waals surface area (Å²) in [5, 5.41) is 0. The SMILES string of the molecule is COc1ccc(S(=O)(=O)N(C)C(=S)Sc2ccccc2)cc1. The molecule has 2 aromatic rings. The molecule has 0 aliphatic carbocycles. The zero-order valence-electron chi connectivity index (χ0n) is 12.1. The van der Waals surface area contributed by atoms with E-state index >= 15 is 0 Å². The monoisotopic (exact) mass is 353 g/mol. The van der Waals surface area contributed by atoms with Crippen LogP contribution in [0.4, 0.5) is 0 Å². The van der Waals surface area contributed by atoms with Crippen molar-refractivity contribution in [2.45, 2.75) is 9.79 Å². The predicted octanol–water partition coefficient (Wildman–Crippen LogP) is 3.39. The van der Waals surface area contributed by atoms with Crippen LogP contribution in [0.1, 0.15) is 0 Å². The van der Waals surface area contributed by atoms with Crippen LogP contribution in [-0.2, 0) is 10.0 Å². The number of rotatable bonds is 4. The van der Waals surface area contributed by atoms with Gasteiger partial charge in [-0.05, 0) is 36.4 Å². The van der Waals surface area contributed by atoms with Crippen LogP contribution >= 0.6 is 24.0 Å². The van der Waals surface area contributed by atoms with Crippen LogP contribution < -0.4 is 4.74 Å². The Hall–Kier alpha value is -1.57. The minimum Gasteiger partial charge on any atom is -0.497 e. The fourth-order valence-electron chi connectivity index (χ4n) is 1.66. The van der Waals surface area contributed by atoms with Gasteiger partial charge in [-0.3, -0.25) is 4.31 Å². The number of ether oxygens (including phenoxy) is 1. The summed E-state index contributed by atoms with van der Waals surface area (Å²) >= 11 is 6.47. The van der Waals surface area contributed by atoms with Gasteiger partial charge in [0.15, 0.2) is 4.32 Å². The van der Waals surface area contributed by atoms with E-state index in [0.717, 1.165) is 9.20 Å². The van der Waals surface area contributed by atoms with E-state index in [1.165, 1.54) is 38.1 Å². The van der Waals surface area contributed by atoms with Crippen LogP contribution in [0.5, 0.6) is 5.75 Å². The van der Waals surface area contributed by atoms with E-state index in [2.05, 4.69) is 0 Å². The van der Waals surface area contributed by atoms with Crippen LogP contribution in [0.2, 0.25) is 0 Å². The smallest absolute Gasteiger partial charge is 0.265 e. The van der Waals surface area contributed by atoms with E-state index in [9.17, 15) is 8.42 Å². The zero-order valence-corrected chi connectivity index (χ0v) is 14.5. The highest BCUT2D eigenvalue weighted by molar-refractivity contribution is 8.23. The van der Waals surface area contributed by atoms with Crippen LogP contribution in [0, 0.1) is 0 Å². The first-order chi connectivity index (χ1) is 10.4. The minimum absolute atomic E-state index is 0.173. The number of sulfonamides is 1. The average molecular weight is 353 g/mol. The Morgan fingerprint density at radius 3 is 2.23 bits per heavy atom. The van der Waals surface area contributed by atoms with Gasteiger partial charge >= 0.3 is 0 Å². The van der Waals surface area contributed by atoms with Crippen molar-refractivity contribution >= 4 is 38.3 Å². The molecule has 0 amide bonds. The lowest BCUT2D eigenvalue weighted by atomic mass is 10.3. The standard InChI is InChI=1S/C15H15NO3S3/c1-16(15(20)21-13-6-4-3-5-7-13)22(17,18)14-10-8-12(19-2)9-11-14/h3-11H,1-2H3. The van der Waals surface area contributed by atoms with E-state index in [-0.39, 0.29) is 9.22 Å². The second-order valence-electron chi connectivity index (χ2n) is 4.33. The molecule has 0 saturated heterocycles. The highest BCUT2D eigenvalue weighted by atomic mass is 32.2. The lowest BCUT2D eigenvalue weighted by molar-refractivity contribution is 0.414. The van der Waals surface area contributed by atoms with Crippen LogP contribution in [0.25, 0.3) is 0 Å². The molecule has 0 bridgehead atoms. The molecule has 0 saturated carbocycles. The molecule has 7 heteroatoms. The van der Waals surface area contributed by atoms with Crippen molar-refractivity contribution in [3.05, 3.63) is 54.6 Å². The Balaban J connectivity index is 2.18. The third kappa shape index (κ3) is 3.79. The van der Waals surface area contributed by atoms with Crippen molar-refractivity contribution in [2.24, 2.45) is 0 Å². The Morgan fingerprint density at radius 1 is 1.09 bits per heavy atom. The maximum atomic E-state index is 12.5. The van der Waals surface area contributed by atoms with Crippen molar-refractivity contribution in [3.8, 4) is 5.75 Å². The summed E-state index contributed by atoms with van der Waals surface area (Å²) < 4.78 is 31.5. The molecule has 116 valence electrons. The van der Waals surface area contributed by atoms with Crippen molar-refractivity contribution in [3.63, 3.8) is 0 Å². The molecule has 0 N–H and O–H groups in total. The third-order valence-corrected chi connectivity index (χ3v) is 6.41. The Labute approximate surface area is 140 Å². The van der Waals surface area contributed by atoms with Gasteiger partial charge in [-0.15, -0.1) is 0 Å². The van der Waals surface area contributed by atoms with Gasteiger partial charge in [0.05, 0.1) is 12.0 Å². The first-order valence-electron chi connectivity index (χ1n) is 6.35. The molecule has 0 radical (unpaired) electrons. The predicted molar refractivity (Wildman–Crippen MR) is 92.8 cm³/mol. The number of thioether (sulfide) groups is 1. The second-order valence-corrected chi connectivity index (χ2v) is 8.01. The Bertz CT molecular complexity index is 743. The molecule has 0 aliphatic rings. The lowest BCUT2D eigenvalue weighted by Crippen LogP contribution is -2.30. The van der Waals surface area contributed by atoms with Gasteiger partial charge in [-0.1, -0.05) is 42.2 Å². The van der Waals surface area contributed by atoms with Crippen molar-refractivity contribution < 1.29 is 13.2 Å². The van der Waals surface area contributed by atoms with E-state index in [4.69, 9.17) is 17.0 Å². The molecule has 0 spiro atoms. The van der Waals surface area contributed by atoms with E-state index in [0.29, 0.717) is 5.75 Å². The summed E-state index contributed by atoms with van der Waals surface area (Å²) in [6.07, 6.45) is 0. The molecule has 2 aromatic carbocycles. The molecule has 22 heavy (non-hydrogen) atoms. The zero-order chi connectivity index (χ0) is 16.2. The number of thiocarbonyl (C=S) groups is 1. The molecular weight excluding hydrogens is 338 g/mol. The second kappa shape index (κ2) is 7.13. The van der Waals surface area contributed by atoms with Gasteiger partial charge < -0.3 is 4.74 Å². The highest BCUT2D eigenvalue weighted by Crippen LogP contribution is 2.25. The lowest BCUT2D eigenvalue weighted by Gasteiger charge is -2.19. The molecule has 0 fully saturated rings. The largest absolute Gasteiger partial charge is 0.497 e. The fraction of sp³-hybridized carbons (Fsp3) is 0.133. The van der Waals surface area contributed by atoms with Crippen molar-refractivity contribution in [2.75, 3.05) is 14.2 Å². The van der Waals surface area contributed by atoms with Crippen molar-refractivity contribution in [1.29, 1.82) is 0 Å². The van der Waals surface area contributed by atoms with Gasteiger partial charge in [0.1, 0.15) is 5.75 Å². The number of hydrogen-bond donors (Lipinski definition) is 0. The van der Waals surface area contributed by atoms with Gasteiger partial charge in [0, 0.05) is 11.9 Å². The molecule has 4 nitrogen and oxygen atoms in total. The topological polar surface area (TPSA) is 46.6 Å². The summed E-state index contributed by atoms with van der Waals surface area (Å²) in [7, 11) is -0.682. The molecule has 0 heterocycles. The molecule has 2 rings (SSSR count). The fourth-order valence-corrected chi connectivity index (χ4v) is 4.26. The number of nitrogens with zero attached hydrogens (tertiary/aromatic N) is 1. The number of hydrogen-bond acceptors (Lipinski definition) is 5. The summed E-state index contributed by atoms with van der Waals surface area (Å²) in [5.74, 6) is 0.600. The maximum absolute atomic E-state index is 12.5. The van der Waals surface area contributed by atoms with Crippen LogP contribution in [0.3, 0.4) is 0 Å². The van der Waals surface area contributed by atoms with Gasteiger partial charge in [0.25, 0.3) is 10.0 Å². The van der Waals surface area contributed by atoms with Gasteiger partial charge in [-0.25, -0.2) is 8.42 Å². The summed E-state index contributed by atoms with van der Waals surface area (Å²) in [6.45, 7) is 0. The van der Waals surface area contributed by atoms with Crippen molar-refractivity contribution in [1.82, 2.24) is 4.31 Å². The van der Waals surface area contributed by atoms with Gasteiger partial charge in [-0.2, -0.15) is 0 Å². The van der Waals surface area contributed by atoms with E-state index < -0.39 is 10.0 Å². The molecule has 0 unspecified atom stereocenters. The molecule has 0 aromatic heterocycles. The Kier molecular flexibility index (Phi) is 5.44. The average Bonchev–Trinajstić information content (AvgIpc) is 2.55. The number of benzene rings is 2. The molecule has 0 atom stereocenters. The summed E-state index contributed by atoms with van der Waals surface area (Å²) in [4.78, 5) is 1.07. The van der Waals surface area contributed by atoms with E-state index in [1.54, 1.807) is 12.1 Å². The quantitative estimate of drug-likeness (QED) is 0.623. The van der Waals surface area contributed by atoms with E-state index in [1.807, 2.05) is 30.3 Å². The Morgan fingerprint density at radius 2 is 1.68 bits per heavy atom. The minimum atomic E-state index is -3.67. The highest BCUT2D eigenvalue weighted by Gasteiger charge is 2.23. The molecular formula is C15H15NO3S3. The van der Waals surface area contributed by atoms with Crippen LogP contribution in [0.15, 0.2) is 64.4 Å². The van der Waals surface area contributed by atoms with Crippen LogP contribution in [-0.4, -0.2) is 31.2 Å². The first-order valence-corrected chi connectivity index (χ1v) is 9.01. The van der Waals surface area contributed by atoms with Gasteiger partial charge in [0.2, 0.25) is 0 Å².